The van der Waals surface area contributed by atoms with Crippen LogP contribution in [0.3, 0.4) is 0 Å². The maximum Gasteiger partial charge on any atom is 1.00 e. The molecule has 0 saturated carbocycles. The zero-order chi connectivity index (χ0) is 13.2. The summed E-state index contributed by atoms with van der Waals surface area (Å²) in [5, 5.41) is 0. The van der Waals surface area contributed by atoms with Crippen molar-refractivity contribution in [1.82, 2.24) is 9.55 Å². The molecule has 1 aliphatic rings. The molecule has 20 heavy (non-hydrogen) atoms. The molecule has 0 bridgehead atoms. The van der Waals surface area contributed by atoms with Crippen LogP contribution in [0.1, 0.15) is 25.9 Å². The molecule has 1 heterocycles. The minimum atomic E-state index is 0. The molecule has 0 radical (unpaired) electrons. The molecule has 0 amide bonds. The molecular weight excluding hydrogens is 263 g/mol. The van der Waals surface area contributed by atoms with Crippen LogP contribution in [0.4, 0.5) is 0 Å². The standard InChI is InChI=1S/C15H14N2O2.Na.H/c1-11-14-8-13(19-10-18)4-2-12(14)3-5-15(11)17-7-6-16-9-17;;/h2,4,6-10H,3,5H2,1H3;;/q;+1;-1. The van der Waals surface area contributed by atoms with Crippen molar-refractivity contribution in [3.05, 3.63) is 48.0 Å². The molecule has 0 N–H and O–H groups in total. The van der Waals surface area contributed by atoms with Gasteiger partial charge < -0.3 is 10.7 Å². The first-order chi connectivity index (χ1) is 9.29. The summed E-state index contributed by atoms with van der Waals surface area (Å²) in [7, 11) is 0. The number of aryl methyl sites for hydroxylation is 1. The third-order valence-electron chi connectivity index (χ3n) is 3.55. The Kier molecular flexibility index (Phi) is 4.81. The van der Waals surface area contributed by atoms with E-state index in [0.717, 1.165) is 18.4 Å². The fourth-order valence-electron chi connectivity index (χ4n) is 2.59. The molecule has 2 aromatic rings. The van der Waals surface area contributed by atoms with E-state index in [2.05, 4.69) is 11.9 Å². The Bertz CT molecular complexity index is 654. The second kappa shape index (κ2) is 6.39. The molecule has 4 nitrogen and oxygen atoms in total. The number of fused-ring (bicyclic) bond motifs is 1. The number of hydrogen-bond acceptors (Lipinski definition) is 3. The first kappa shape index (κ1) is 15.0. The fraction of sp³-hybridized carbons (Fsp3) is 0.200. The Hall–Kier alpha value is -1.36. The van der Waals surface area contributed by atoms with Gasteiger partial charge in [0, 0.05) is 18.1 Å². The number of hydrogen-bond donors (Lipinski definition) is 0. The number of rotatable bonds is 3. The Balaban J connectivity index is 0.00000110. The number of aromatic nitrogens is 2. The quantitative estimate of drug-likeness (QED) is 0.580. The largest absolute Gasteiger partial charge is 1.00 e. The van der Waals surface area contributed by atoms with E-state index in [1.165, 1.54) is 16.8 Å². The molecule has 0 spiro atoms. The number of allylic oxidation sites excluding steroid dienone is 2. The molecule has 0 atom stereocenters. The van der Waals surface area contributed by atoms with Gasteiger partial charge in [-0.15, -0.1) is 0 Å². The van der Waals surface area contributed by atoms with Crippen LogP contribution in [0.2, 0.25) is 0 Å². The van der Waals surface area contributed by atoms with Crippen LogP contribution >= 0.6 is 0 Å². The third kappa shape index (κ3) is 2.73. The summed E-state index contributed by atoms with van der Waals surface area (Å²) in [5.74, 6) is 0.583. The van der Waals surface area contributed by atoms with Crippen molar-refractivity contribution in [2.75, 3.05) is 0 Å². The van der Waals surface area contributed by atoms with Gasteiger partial charge in [0.25, 0.3) is 6.47 Å². The molecule has 1 aliphatic carbocycles. The molecule has 1 aromatic carbocycles. The Labute approximate surface area is 141 Å². The average Bonchev–Trinajstić information content (AvgIpc) is 2.94. The van der Waals surface area contributed by atoms with Crippen molar-refractivity contribution >= 4 is 17.7 Å². The summed E-state index contributed by atoms with van der Waals surface area (Å²) < 4.78 is 6.97. The summed E-state index contributed by atoms with van der Waals surface area (Å²) in [4.78, 5) is 14.5. The molecule has 98 valence electrons. The molecule has 0 unspecified atom stereocenters. The van der Waals surface area contributed by atoms with Gasteiger partial charge in [-0.3, -0.25) is 4.79 Å². The monoisotopic (exact) mass is 278 g/mol. The van der Waals surface area contributed by atoms with Gasteiger partial charge in [0.15, 0.2) is 0 Å². The van der Waals surface area contributed by atoms with Crippen LogP contribution in [-0.4, -0.2) is 16.0 Å². The van der Waals surface area contributed by atoms with Crippen molar-refractivity contribution in [3.8, 4) is 5.75 Å². The molecule has 5 heteroatoms. The van der Waals surface area contributed by atoms with E-state index in [-0.39, 0.29) is 31.0 Å². The van der Waals surface area contributed by atoms with Crippen LogP contribution in [0.5, 0.6) is 5.75 Å². The van der Waals surface area contributed by atoms with Gasteiger partial charge in [-0.1, -0.05) is 6.07 Å². The summed E-state index contributed by atoms with van der Waals surface area (Å²) >= 11 is 0. The van der Waals surface area contributed by atoms with Gasteiger partial charge in [-0.2, -0.15) is 0 Å². The van der Waals surface area contributed by atoms with E-state index in [0.29, 0.717) is 12.2 Å². The van der Waals surface area contributed by atoms with Crippen molar-refractivity contribution in [2.24, 2.45) is 0 Å². The average molecular weight is 278 g/mol. The van der Waals surface area contributed by atoms with Gasteiger partial charge in [-0.05, 0) is 48.6 Å². The van der Waals surface area contributed by atoms with Crippen LogP contribution in [0.15, 0.2) is 36.9 Å². The third-order valence-corrected chi connectivity index (χ3v) is 3.55. The van der Waals surface area contributed by atoms with E-state index in [4.69, 9.17) is 4.74 Å². The minimum Gasteiger partial charge on any atom is -1.00 e. The van der Waals surface area contributed by atoms with Gasteiger partial charge in [-0.25, -0.2) is 4.98 Å². The minimum absolute atomic E-state index is 0. The van der Waals surface area contributed by atoms with E-state index < -0.39 is 0 Å². The number of ether oxygens (including phenoxy) is 1. The number of carbonyl (C=O) groups excluding carboxylic acids is 1. The van der Waals surface area contributed by atoms with Crippen molar-refractivity contribution < 1.29 is 40.5 Å². The van der Waals surface area contributed by atoms with Crippen LogP contribution in [-0.2, 0) is 11.2 Å². The molecule has 0 saturated heterocycles. The van der Waals surface area contributed by atoms with Gasteiger partial charge >= 0.3 is 29.6 Å². The summed E-state index contributed by atoms with van der Waals surface area (Å²) in [6.45, 7) is 2.55. The van der Waals surface area contributed by atoms with E-state index in [1.54, 1.807) is 6.20 Å². The first-order valence-electron chi connectivity index (χ1n) is 6.21. The van der Waals surface area contributed by atoms with Gasteiger partial charge in [0.1, 0.15) is 5.75 Å². The van der Waals surface area contributed by atoms with Crippen molar-refractivity contribution in [3.63, 3.8) is 0 Å². The van der Waals surface area contributed by atoms with E-state index in [9.17, 15) is 4.79 Å². The summed E-state index contributed by atoms with van der Waals surface area (Å²) in [5.41, 5.74) is 4.89. The smallest absolute Gasteiger partial charge is 1.00 e. The fourth-order valence-corrected chi connectivity index (χ4v) is 2.59. The maximum absolute atomic E-state index is 10.4. The molecule has 3 rings (SSSR count). The second-order valence-electron chi connectivity index (χ2n) is 4.57. The van der Waals surface area contributed by atoms with E-state index >= 15 is 0 Å². The Morgan fingerprint density at radius 2 is 2.25 bits per heavy atom. The number of carbonyl (C=O) groups is 1. The maximum atomic E-state index is 10.4. The SMILES string of the molecule is CC1=C(n2ccnc2)CCc2ccc(OC=O)cc21.[H-].[Na+]. The zero-order valence-electron chi connectivity index (χ0n) is 12.7. The van der Waals surface area contributed by atoms with Crippen molar-refractivity contribution in [1.29, 1.82) is 0 Å². The zero-order valence-corrected chi connectivity index (χ0v) is 13.7. The van der Waals surface area contributed by atoms with Crippen LogP contribution in [0, 0.1) is 0 Å². The topological polar surface area (TPSA) is 44.1 Å². The molecule has 1 aromatic heterocycles. The van der Waals surface area contributed by atoms with Crippen LogP contribution in [0.25, 0.3) is 11.3 Å². The summed E-state index contributed by atoms with van der Waals surface area (Å²) in [6, 6.07) is 5.79. The predicted molar refractivity (Wildman–Crippen MR) is 73.6 cm³/mol. The van der Waals surface area contributed by atoms with Gasteiger partial charge in [0.2, 0.25) is 0 Å². The number of imidazole rings is 1. The first-order valence-corrected chi connectivity index (χ1v) is 6.21. The molecule has 0 fully saturated rings. The Morgan fingerprint density at radius 1 is 1.40 bits per heavy atom. The van der Waals surface area contributed by atoms with Crippen LogP contribution < -0.4 is 34.3 Å². The molecular formula is C15H15N2NaO2. The number of nitrogens with zero attached hydrogens (tertiary/aromatic N) is 2. The van der Waals surface area contributed by atoms with Gasteiger partial charge in [0.05, 0.1) is 6.33 Å². The second-order valence-corrected chi connectivity index (χ2v) is 4.57. The van der Waals surface area contributed by atoms with Crippen molar-refractivity contribution in [2.45, 2.75) is 19.8 Å². The Morgan fingerprint density at radius 3 is 2.95 bits per heavy atom. The predicted octanol–water partition coefficient (Wildman–Crippen LogP) is -0.131. The molecule has 0 aliphatic heterocycles. The summed E-state index contributed by atoms with van der Waals surface area (Å²) in [6.07, 6.45) is 7.53. The normalized spacial score (nSPS) is 13.4. The number of benzene rings is 1. The van der Waals surface area contributed by atoms with E-state index in [1.807, 2.05) is 35.3 Å².